The maximum atomic E-state index is 7.47. The zero-order valence-corrected chi connectivity index (χ0v) is 12.5. The van der Waals surface area contributed by atoms with Crippen LogP contribution in [0.1, 0.15) is 23.9 Å². The monoisotopic (exact) mass is 288 g/mol. The highest BCUT2D eigenvalue weighted by Crippen LogP contribution is 2.29. The van der Waals surface area contributed by atoms with Crippen molar-refractivity contribution in [3.63, 3.8) is 0 Å². The molecule has 0 bridgehead atoms. The predicted octanol–water partition coefficient (Wildman–Crippen LogP) is 1.99. The van der Waals surface area contributed by atoms with Crippen LogP contribution in [0.3, 0.4) is 0 Å². The van der Waals surface area contributed by atoms with Crippen LogP contribution in [-0.4, -0.2) is 22.2 Å². The van der Waals surface area contributed by atoms with Crippen molar-refractivity contribution in [2.75, 3.05) is 6.61 Å². The highest BCUT2D eigenvalue weighted by Gasteiger charge is 2.10. The Labute approximate surface area is 124 Å². The van der Waals surface area contributed by atoms with Gasteiger partial charge in [0.2, 0.25) is 0 Å². The van der Waals surface area contributed by atoms with E-state index in [0.717, 1.165) is 11.4 Å². The summed E-state index contributed by atoms with van der Waals surface area (Å²) in [6, 6.07) is 7.21. The minimum Gasteiger partial charge on any atom is -0.490 e. The van der Waals surface area contributed by atoms with Crippen LogP contribution in [-0.2, 0) is 13.7 Å². The van der Waals surface area contributed by atoms with Crippen molar-refractivity contribution in [3.8, 4) is 11.5 Å². The van der Waals surface area contributed by atoms with Crippen LogP contribution in [0.4, 0.5) is 0 Å². The number of rotatable bonds is 6. The number of nitrogen functional groups attached to an aromatic ring is 1. The number of nitrogens with two attached hydrogens (primary N) is 1. The lowest BCUT2D eigenvalue weighted by Crippen LogP contribution is -2.11. The van der Waals surface area contributed by atoms with Gasteiger partial charge < -0.3 is 15.2 Å². The molecule has 1 aromatic carbocycles. The van der Waals surface area contributed by atoms with Crippen LogP contribution in [0.2, 0.25) is 0 Å². The van der Waals surface area contributed by atoms with E-state index >= 15 is 0 Å². The van der Waals surface area contributed by atoms with Crippen molar-refractivity contribution in [2.45, 2.75) is 20.5 Å². The zero-order valence-electron chi connectivity index (χ0n) is 12.5. The number of nitrogens with one attached hydrogen (secondary N) is 1. The van der Waals surface area contributed by atoms with E-state index in [0.29, 0.717) is 30.3 Å². The fourth-order valence-electron chi connectivity index (χ4n) is 2.01. The molecule has 1 heterocycles. The molecule has 0 aliphatic carbocycles. The minimum atomic E-state index is 0.00441. The van der Waals surface area contributed by atoms with Gasteiger partial charge in [-0.1, -0.05) is 0 Å². The summed E-state index contributed by atoms with van der Waals surface area (Å²) in [6.45, 7) is 4.75. The Morgan fingerprint density at radius 3 is 2.62 bits per heavy atom. The van der Waals surface area contributed by atoms with Gasteiger partial charge in [0.25, 0.3) is 0 Å². The predicted molar refractivity (Wildman–Crippen MR) is 80.9 cm³/mol. The van der Waals surface area contributed by atoms with Crippen LogP contribution < -0.4 is 15.2 Å². The number of hydrogen-bond donors (Lipinski definition) is 2. The van der Waals surface area contributed by atoms with Crippen molar-refractivity contribution >= 4 is 5.84 Å². The lowest BCUT2D eigenvalue weighted by molar-refractivity contribution is 0.263. The molecule has 0 atom stereocenters. The number of benzene rings is 1. The molecule has 0 saturated carbocycles. The second-order valence-electron chi connectivity index (χ2n) is 4.70. The van der Waals surface area contributed by atoms with Gasteiger partial charge in [0.15, 0.2) is 11.5 Å². The van der Waals surface area contributed by atoms with Gasteiger partial charge in [0.1, 0.15) is 12.4 Å². The second kappa shape index (κ2) is 6.30. The lowest BCUT2D eigenvalue weighted by atomic mass is 10.2. The van der Waals surface area contributed by atoms with Gasteiger partial charge >= 0.3 is 0 Å². The van der Waals surface area contributed by atoms with Gasteiger partial charge in [-0.3, -0.25) is 10.1 Å². The first kappa shape index (κ1) is 14.9. The molecule has 112 valence electrons. The van der Waals surface area contributed by atoms with Crippen molar-refractivity contribution in [2.24, 2.45) is 12.8 Å². The molecule has 0 spiro atoms. The Kier molecular flexibility index (Phi) is 4.47. The van der Waals surface area contributed by atoms with Crippen LogP contribution >= 0.6 is 0 Å². The summed E-state index contributed by atoms with van der Waals surface area (Å²) in [6.07, 6.45) is 0. The molecule has 0 aliphatic rings. The number of amidine groups is 1. The van der Waals surface area contributed by atoms with Gasteiger partial charge in [-0.15, -0.1) is 0 Å². The summed E-state index contributed by atoms with van der Waals surface area (Å²) < 4.78 is 13.2. The summed E-state index contributed by atoms with van der Waals surface area (Å²) >= 11 is 0. The van der Waals surface area contributed by atoms with E-state index in [9.17, 15) is 0 Å². The third-order valence-electron chi connectivity index (χ3n) is 3.03. The van der Waals surface area contributed by atoms with E-state index in [2.05, 4.69) is 5.10 Å². The first-order chi connectivity index (χ1) is 10.0. The van der Waals surface area contributed by atoms with E-state index in [1.54, 1.807) is 22.9 Å². The molecular weight excluding hydrogens is 268 g/mol. The Bertz CT molecular complexity index is 649. The maximum absolute atomic E-state index is 7.47. The molecule has 1 aromatic heterocycles. The first-order valence-electron chi connectivity index (χ1n) is 6.74. The number of nitrogens with zero attached hydrogens (tertiary/aromatic N) is 2. The van der Waals surface area contributed by atoms with Crippen molar-refractivity contribution in [1.82, 2.24) is 9.78 Å². The highest BCUT2D eigenvalue weighted by molar-refractivity contribution is 5.95. The smallest absolute Gasteiger partial charge is 0.161 e. The highest BCUT2D eigenvalue weighted by atomic mass is 16.5. The Morgan fingerprint density at radius 1 is 1.29 bits per heavy atom. The fourth-order valence-corrected chi connectivity index (χ4v) is 2.01. The standard InChI is InChI=1S/C15H20N4O2/c1-4-20-14-8-11(15(16)17)5-6-13(14)21-9-12-7-10(2)18-19(12)3/h5-8H,4,9H2,1-3H3,(H3,16,17). The van der Waals surface area contributed by atoms with Gasteiger partial charge in [-0.2, -0.15) is 5.10 Å². The largest absolute Gasteiger partial charge is 0.490 e. The molecule has 21 heavy (non-hydrogen) atoms. The SMILES string of the molecule is CCOc1cc(C(=N)N)ccc1OCc1cc(C)nn1C. The van der Waals surface area contributed by atoms with E-state index in [1.807, 2.05) is 27.0 Å². The van der Waals surface area contributed by atoms with E-state index in [4.69, 9.17) is 20.6 Å². The Morgan fingerprint density at radius 2 is 2.05 bits per heavy atom. The quantitative estimate of drug-likeness (QED) is 0.628. The summed E-state index contributed by atoms with van der Waals surface area (Å²) in [5.74, 6) is 1.22. The lowest BCUT2D eigenvalue weighted by Gasteiger charge is -2.13. The van der Waals surface area contributed by atoms with Crippen LogP contribution in [0.5, 0.6) is 11.5 Å². The van der Waals surface area contributed by atoms with Gasteiger partial charge in [-0.25, -0.2) is 0 Å². The van der Waals surface area contributed by atoms with E-state index < -0.39 is 0 Å². The molecule has 0 saturated heterocycles. The maximum Gasteiger partial charge on any atom is 0.161 e. The van der Waals surface area contributed by atoms with Crippen LogP contribution in [0.25, 0.3) is 0 Å². The third kappa shape index (κ3) is 3.53. The zero-order chi connectivity index (χ0) is 15.4. The number of aryl methyl sites for hydroxylation is 2. The summed E-state index contributed by atoms with van der Waals surface area (Å²) in [7, 11) is 1.88. The summed E-state index contributed by atoms with van der Waals surface area (Å²) in [5.41, 5.74) is 8.03. The average molecular weight is 288 g/mol. The summed E-state index contributed by atoms with van der Waals surface area (Å²) in [5, 5.41) is 11.8. The number of hydrogen-bond acceptors (Lipinski definition) is 4. The molecule has 3 N–H and O–H groups in total. The van der Waals surface area contributed by atoms with E-state index in [1.165, 1.54) is 0 Å². The molecule has 0 fully saturated rings. The molecule has 2 aromatic rings. The van der Waals surface area contributed by atoms with Crippen molar-refractivity contribution < 1.29 is 9.47 Å². The van der Waals surface area contributed by atoms with E-state index in [-0.39, 0.29) is 5.84 Å². The first-order valence-corrected chi connectivity index (χ1v) is 6.74. The number of ether oxygens (including phenoxy) is 2. The van der Waals surface area contributed by atoms with Crippen molar-refractivity contribution in [3.05, 3.63) is 41.2 Å². The molecule has 0 aliphatic heterocycles. The average Bonchev–Trinajstić information content (AvgIpc) is 2.75. The van der Waals surface area contributed by atoms with Crippen LogP contribution in [0.15, 0.2) is 24.3 Å². The van der Waals surface area contributed by atoms with Gasteiger partial charge in [0.05, 0.1) is 18.0 Å². The molecule has 0 amide bonds. The van der Waals surface area contributed by atoms with Crippen molar-refractivity contribution in [1.29, 1.82) is 5.41 Å². The van der Waals surface area contributed by atoms with Gasteiger partial charge in [-0.05, 0) is 38.1 Å². The molecule has 0 unspecified atom stereocenters. The molecule has 6 nitrogen and oxygen atoms in total. The minimum absolute atomic E-state index is 0.00441. The molecule has 6 heteroatoms. The van der Waals surface area contributed by atoms with Crippen LogP contribution in [0, 0.1) is 12.3 Å². The summed E-state index contributed by atoms with van der Waals surface area (Å²) in [4.78, 5) is 0. The third-order valence-corrected chi connectivity index (χ3v) is 3.03. The fraction of sp³-hybridized carbons (Fsp3) is 0.333. The Balaban J connectivity index is 2.18. The van der Waals surface area contributed by atoms with Gasteiger partial charge in [0, 0.05) is 12.6 Å². The second-order valence-corrected chi connectivity index (χ2v) is 4.70. The normalized spacial score (nSPS) is 10.4. The molecule has 0 radical (unpaired) electrons. The molecular formula is C15H20N4O2. The topological polar surface area (TPSA) is 86.2 Å². The Hall–Kier alpha value is -2.50. The number of aromatic nitrogens is 2. The molecule has 2 rings (SSSR count).